The van der Waals surface area contributed by atoms with Gasteiger partial charge in [0.25, 0.3) is 5.56 Å². The van der Waals surface area contributed by atoms with E-state index in [9.17, 15) is 4.79 Å². The van der Waals surface area contributed by atoms with Crippen LogP contribution in [0, 0.1) is 0 Å². The number of hydrogen-bond acceptors (Lipinski definition) is 5. The summed E-state index contributed by atoms with van der Waals surface area (Å²) in [6.45, 7) is 0.633. The number of aromatic nitrogens is 3. The molecule has 0 radical (unpaired) electrons. The molecule has 3 rings (SSSR count). The van der Waals surface area contributed by atoms with Crippen molar-refractivity contribution in [1.82, 2.24) is 20.3 Å². The van der Waals surface area contributed by atoms with Crippen LogP contribution < -0.4 is 16.6 Å². The minimum absolute atomic E-state index is 0.123. The minimum atomic E-state index is -0.123. The zero-order chi connectivity index (χ0) is 13.9. The van der Waals surface area contributed by atoms with Gasteiger partial charge in [0, 0.05) is 24.8 Å². The molecule has 0 atom stereocenters. The van der Waals surface area contributed by atoms with Gasteiger partial charge in [-0.3, -0.25) is 9.78 Å². The van der Waals surface area contributed by atoms with Crippen LogP contribution in [0.2, 0.25) is 0 Å². The highest BCUT2D eigenvalue weighted by molar-refractivity contribution is 5.78. The first-order chi connectivity index (χ1) is 9.74. The molecule has 0 aromatic carbocycles. The molecule has 0 saturated heterocycles. The van der Waals surface area contributed by atoms with Crippen molar-refractivity contribution >= 4 is 10.9 Å². The van der Waals surface area contributed by atoms with Gasteiger partial charge in [0.1, 0.15) is 5.52 Å². The van der Waals surface area contributed by atoms with Crippen LogP contribution in [0.4, 0.5) is 0 Å². The van der Waals surface area contributed by atoms with Gasteiger partial charge < -0.3 is 16.0 Å². The van der Waals surface area contributed by atoms with Crippen molar-refractivity contribution in [3.63, 3.8) is 0 Å². The molecule has 4 N–H and O–H groups in total. The Morgan fingerprint density at radius 1 is 1.30 bits per heavy atom. The van der Waals surface area contributed by atoms with Gasteiger partial charge in [0.15, 0.2) is 0 Å². The number of pyridine rings is 1. The van der Waals surface area contributed by atoms with Crippen molar-refractivity contribution < 1.29 is 0 Å². The maximum Gasteiger partial charge on any atom is 0.258 e. The van der Waals surface area contributed by atoms with Gasteiger partial charge in [-0.05, 0) is 31.7 Å². The van der Waals surface area contributed by atoms with Crippen LogP contribution in [-0.4, -0.2) is 27.0 Å². The first-order valence-electron chi connectivity index (χ1n) is 7.04. The van der Waals surface area contributed by atoms with Crippen molar-refractivity contribution in [2.24, 2.45) is 5.73 Å². The topological polar surface area (TPSA) is 96.7 Å². The lowest BCUT2D eigenvalue weighted by Crippen LogP contribution is -2.37. The molecule has 1 fully saturated rings. The summed E-state index contributed by atoms with van der Waals surface area (Å²) >= 11 is 0. The van der Waals surface area contributed by atoms with Gasteiger partial charge in [-0.25, -0.2) is 4.98 Å². The van der Waals surface area contributed by atoms with Crippen LogP contribution in [0.15, 0.2) is 23.4 Å². The number of nitrogens with two attached hydrogens (primary N) is 1. The second-order valence-corrected chi connectivity index (χ2v) is 5.38. The molecule has 6 nitrogen and oxygen atoms in total. The largest absolute Gasteiger partial charge is 0.328 e. The maximum absolute atomic E-state index is 11.7. The van der Waals surface area contributed by atoms with Gasteiger partial charge >= 0.3 is 0 Å². The summed E-state index contributed by atoms with van der Waals surface area (Å²) in [6, 6.07) is 2.53. The van der Waals surface area contributed by atoms with Crippen LogP contribution in [0.25, 0.3) is 10.9 Å². The third-order valence-electron chi connectivity index (χ3n) is 3.96. The number of H-pyrrole nitrogens is 1. The molecule has 0 bridgehead atoms. The number of nitrogens with zero attached hydrogens (tertiary/aromatic N) is 2. The molecule has 1 saturated carbocycles. The van der Waals surface area contributed by atoms with E-state index in [0.717, 1.165) is 31.4 Å². The third kappa shape index (κ3) is 2.71. The van der Waals surface area contributed by atoms with Crippen molar-refractivity contribution in [3.8, 4) is 0 Å². The van der Waals surface area contributed by atoms with Crippen LogP contribution in [0.5, 0.6) is 0 Å². The lowest BCUT2D eigenvalue weighted by molar-refractivity contribution is 0.341. The van der Waals surface area contributed by atoms with Gasteiger partial charge in [0.05, 0.1) is 17.4 Å². The Morgan fingerprint density at radius 3 is 2.90 bits per heavy atom. The zero-order valence-electron chi connectivity index (χ0n) is 11.3. The molecule has 0 unspecified atom stereocenters. The number of hydrogen-bond donors (Lipinski definition) is 3. The molecule has 1 aliphatic carbocycles. The molecule has 2 aromatic rings. The Balaban J connectivity index is 1.75. The van der Waals surface area contributed by atoms with Crippen LogP contribution >= 0.6 is 0 Å². The molecule has 1 aliphatic rings. The van der Waals surface area contributed by atoms with Crippen molar-refractivity contribution in [1.29, 1.82) is 0 Å². The predicted octanol–water partition coefficient (Wildman–Crippen LogP) is 0.678. The first-order valence-corrected chi connectivity index (χ1v) is 7.04. The van der Waals surface area contributed by atoms with E-state index in [4.69, 9.17) is 5.73 Å². The number of nitrogens with one attached hydrogen (secondary N) is 2. The average Bonchev–Trinajstić information content (AvgIpc) is 2.47. The molecule has 2 heterocycles. The van der Waals surface area contributed by atoms with Gasteiger partial charge in [-0.1, -0.05) is 0 Å². The average molecular weight is 273 g/mol. The fraction of sp³-hybridized carbons (Fsp3) is 0.500. The van der Waals surface area contributed by atoms with E-state index >= 15 is 0 Å². The van der Waals surface area contributed by atoms with Crippen LogP contribution in [0.1, 0.15) is 31.4 Å². The number of fused-ring (bicyclic) bond motifs is 1. The molecule has 6 heteroatoms. The Kier molecular flexibility index (Phi) is 3.75. The Morgan fingerprint density at radius 2 is 2.10 bits per heavy atom. The molecule has 2 aromatic heterocycles. The molecule has 0 amide bonds. The molecule has 0 spiro atoms. The predicted molar refractivity (Wildman–Crippen MR) is 77.2 cm³/mol. The second kappa shape index (κ2) is 5.68. The maximum atomic E-state index is 11.7. The lowest BCUT2D eigenvalue weighted by Gasteiger charge is -2.26. The van der Waals surface area contributed by atoms with E-state index in [1.807, 2.05) is 0 Å². The van der Waals surface area contributed by atoms with E-state index in [1.54, 1.807) is 12.3 Å². The highest BCUT2D eigenvalue weighted by Gasteiger charge is 2.18. The van der Waals surface area contributed by atoms with Crippen molar-refractivity contribution in [2.45, 2.75) is 44.3 Å². The monoisotopic (exact) mass is 273 g/mol. The summed E-state index contributed by atoms with van der Waals surface area (Å²) in [7, 11) is 0. The fourth-order valence-electron chi connectivity index (χ4n) is 2.75. The third-order valence-corrected chi connectivity index (χ3v) is 3.96. The number of aromatic amines is 1. The van der Waals surface area contributed by atoms with E-state index in [0.29, 0.717) is 29.5 Å². The van der Waals surface area contributed by atoms with Crippen molar-refractivity contribution in [2.75, 3.05) is 0 Å². The molecule has 0 aliphatic heterocycles. The highest BCUT2D eigenvalue weighted by atomic mass is 16.1. The lowest BCUT2D eigenvalue weighted by atomic mass is 9.92. The summed E-state index contributed by atoms with van der Waals surface area (Å²) in [5, 5.41) is 4.09. The quantitative estimate of drug-likeness (QED) is 0.764. The van der Waals surface area contributed by atoms with E-state index in [-0.39, 0.29) is 5.56 Å². The number of rotatable bonds is 3. The van der Waals surface area contributed by atoms with Crippen molar-refractivity contribution in [3.05, 3.63) is 34.6 Å². The molecular weight excluding hydrogens is 254 g/mol. The SMILES string of the molecule is N[C@H]1CC[C@@H](NCc2nccc3c(=O)[nH]cnc23)CC1. The Hall–Kier alpha value is -1.79. The summed E-state index contributed by atoms with van der Waals surface area (Å²) < 4.78 is 0. The smallest absolute Gasteiger partial charge is 0.258 e. The summed E-state index contributed by atoms with van der Waals surface area (Å²) in [4.78, 5) is 22.9. The molecule has 20 heavy (non-hydrogen) atoms. The Bertz CT molecular complexity index is 645. The minimum Gasteiger partial charge on any atom is -0.328 e. The van der Waals surface area contributed by atoms with Gasteiger partial charge in [-0.2, -0.15) is 0 Å². The van der Waals surface area contributed by atoms with Gasteiger partial charge in [0.2, 0.25) is 0 Å². The fourth-order valence-corrected chi connectivity index (χ4v) is 2.75. The van der Waals surface area contributed by atoms with E-state index in [1.165, 1.54) is 6.33 Å². The molecule has 106 valence electrons. The summed E-state index contributed by atoms with van der Waals surface area (Å²) in [6.07, 6.45) is 7.42. The summed E-state index contributed by atoms with van der Waals surface area (Å²) in [5.74, 6) is 0. The zero-order valence-corrected chi connectivity index (χ0v) is 11.3. The standard InChI is InChI=1S/C14H19N5O/c15-9-1-3-10(4-2-9)17-7-12-13-11(5-6-16-12)14(20)19-8-18-13/h5-6,8-10,17H,1-4,7,15H2,(H,18,19,20)/t9-,10+. The highest BCUT2D eigenvalue weighted by Crippen LogP contribution is 2.18. The Labute approximate surface area is 116 Å². The van der Waals surface area contributed by atoms with Crippen LogP contribution in [-0.2, 0) is 6.54 Å². The first kappa shape index (κ1) is 13.2. The van der Waals surface area contributed by atoms with Crippen LogP contribution in [0.3, 0.4) is 0 Å². The summed E-state index contributed by atoms with van der Waals surface area (Å²) in [5.41, 5.74) is 7.28. The van der Waals surface area contributed by atoms with Gasteiger partial charge in [-0.15, -0.1) is 0 Å². The van der Waals surface area contributed by atoms with E-state index < -0.39 is 0 Å². The molecular formula is C14H19N5O. The second-order valence-electron chi connectivity index (χ2n) is 5.38. The normalized spacial score (nSPS) is 23.1. The van der Waals surface area contributed by atoms with E-state index in [2.05, 4.69) is 20.3 Å².